The molecule has 1 saturated heterocycles. The number of nitrogens with zero attached hydrogens (tertiary/aromatic N) is 1. The Morgan fingerprint density at radius 3 is 2.25 bits per heavy atom. The number of benzene rings is 3. The summed E-state index contributed by atoms with van der Waals surface area (Å²) in [7, 11) is -3.67. The average molecular weight is 467 g/mol. The van der Waals surface area contributed by atoms with E-state index in [0.29, 0.717) is 11.4 Å². The number of imide groups is 1. The van der Waals surface area contributed by atoms with Gasteiger partial charge in [-0.15, -0.1) is 11.8 Å². The lowest BCUT2D eigenvalue weighted by Crippen LogP contribution is -2.31. The summed E-state index contributed by atoms with van der Waals surface area (Å²) in [5.41, 5.74) is 3.13. The predicted octanol–water partition coefficient (Wildman–Crippen LogP) is 4.53. The summed E-state index contributed by atoms with van der Waals surface area (Å²) in [6.45, 7) is 3.93. The zero-order valence-corrected chi connectivity index (χ0v) is 19.2. The number of aryl methyl sites for hydroxylation is 2. The largest absolute Gasteiger partial charge is 0.280 e. The Morgan fingerprint density at radius 1 is 0.906 bits per heavy atom. The van der Waals surface area contributed by atoms with Crippen molar-refractivity contribution in [3.63, 3.8) is 0 Å². The third-order valence-electron chi connectivity index (χ3n) is 5.29. The van der Waals surface area contributed by atoms with E-state index >= 15 is 0 Å². The van der Waals surface area contributed by atoms with Crippen LogP contribution in [0.1, 0.15) is 17.5 Å². The van der Waals surface area contributed by atoms with Gasteiger partial charge in [0.05, 0.1) is 15.8 Å². The van der Waals surface area contributed by atoms with Gasteiger partial charge < -0.3 is 0 Å². The summed E-state index contributed by atoms with van der Waals surface area (Å²) in [6, 6.07) is 20.4. The van der Waals surface area contributed by atoms with Gasteiger partial charge in [-0.3, -0.25) is 14.3 Å². The molecule has 4 rings (SSSR count). The standard InChI is InChI=1S/C24H22N2O4S2/c1-16-8-11-19(14-17(16)2)26-23(27)15-22(24(26)28)31-20-12-9-18(10-13-20)25-32(29,30)21-6-4-3-5-7-21/h3-14,22,25H,15H2,1-2H3/t22-/m1/s1. The number of hydrogen-bond acceptors (Lipinski definition) is 5. The molecule has 0 aromatic heterocycles. The molecule has 1 N–H and O–H groups in total. The van der Waals surface area contributed by atoms with Crippen LogP contribution in [-0.4, -0.2) is 25.5 Å². The molecule has 0 aliphatic carbocycles. The number of sulfonamides is 1. The molecular formula is C24H22N2O4S2. The van der Waals surface area contributed by atoms with E-state index in [-0.39, 0.29) is 23.1 Å². The van der Waals surface area contributed by atoms with E-state index in [1.165, 1.54) is 28.8 Å². The van der Waals surface area contributed by atoms with E-state index in [9.17, 15) is 18.0 Å². The van der Waals surface area contributed by atoms with Crippen molar-refractivity contribution in [1.82, 2.24) is 0 Å². The SMILES string of the molecule is Cc1ccc(N2C(=O)C[C@@H](Sc3ccc(NS(=O)(=O)c4ccccc4)cc3)C2=O)cc1C. The van der Waals surface area contributed by atoms with Crippen LogP contribution >= 0.6 is 11.8 Å². The molecule has 3 aromatic rings. The molecule has 3 aromatic carbocycles. The highest BCUT2D eigenvalue weighted by Crippen LogP contribution is 2.35. The van der Waals surface area contributed by atoms with Gasteiger partial charge in [-0.1, -0.05) is 24.3 Å². The average Bonchev–Trinajstić information content (AvgIpc) is 3.05. The van der Waals surface area contributed by atoms with E-state index in [1.54, 1.807) is 48.5 Å². The van der Waals surface area contributed by atoms with Crippen LogP contribution in [0.25, 0.3) is 0 Å². The molecule has 1 atom stereocenters. The van der Waals surface area contributed by atoms with E-state index in [0.717, 1.165) is 16.0 Å². The van der Waals surface area contributed by atoms with Gasteiger partial charge in [-0.05, 0) is 73.5 Å². The fourth-order valence-electron chi connectivity index (χ4n) is 3.41. The van der Waals surface area contributed by atoms with E-state index in [4.69, 9.17) is 0 Å². The summed E-state index contributed by atoms with van der Waals surface area (Å²) in [5, 5.41) is -0.518. The Hall–Kier alpha value is -3.10. The number of anilines is 2. The molecule has 1 aliphatic heterocycles. The lowest BCUT2D eigenvalue weighted by atomic mass is 10.1. The normalized spacial score (nSPS) is 16.4. The quantitative estimate of drug-likeness (QED) is 0.540. The molecule has 164 valence electrons. The minimum atomic E-state index is -3.67. The van der Waals surface area contributed by atoms with Crippen LogP contribution in [0.2, 0.25) is 0 Å². The maximum Gasteiger partial charge on any atom is 0.261 e. The van der Waals surface area contributed by atoms with Crippen LogP contribution in [0.15, 0.2) is 82.6 Å². The highest BCUT2D eigenvalue weighted by Gasteiger charge is 2.40. The first kappa shape index (κ1) is 22.1. The lowest BCUT2D eigenvalue weighted by molar-refractivity contribution is -0.121. The number of carbonyl (C=O) groups is 2. The third kappa shape index (κ3) is 4.56. The first-order valence-electron chi connectivity index (χ1n) is 10.0. The van der Waals surface area contributed by atoms with Crippen LogP contribution < -0.4 is 9.62 Å². The predicted molar refractivity (Wildman–Crippen MR) is 126 cm³/mol. The van der Waals surface area contributed by atoms with E-state index in [1.807, 2.05) is 26.0 Å². The highest BCUT2D eigenvalue weighted by molar-refractivity contribution is 8.00. The second-order valence-electron chi connectivity index (χ2n) is 7.59. The number of thioether (sulfide) groups is 1. The molecule has 0 bridgehead atoms. The van der Waals surface area contributed by atoms with Gasteiger partial charge in [0, 0.05) is 17.0 Å². The molecule has 1 aliphatic rings. The van der Waals surface area contributed by atoms with Gasteiger partial charge in [-0.2, -0.15) is 0 Å². The Morgan fingerprint density at radius 2 is 1.59 bits per heavy atom. The monoisotopic (exact) mass is 466 g/mol. The number of hydrogen-bond donors (Lipinski definition) is 1. The molecule has 0 spiro atoms. The zero-order chi connectivity index (χ0) is 22.9. The summed E-state index contributed by atoms with van der Waals surface area (Å²) in [6.07, 6.45) is 0.124. The number of nitrogens with one attached hydrogen (secondary N) is 1. The molecule has 0 saturated carbocycles. The van der Waals surface area contributed by atoms with Crippen molar-refractivity contribution in [2.75, 3.05) is 9.62 Å². The molecule has 1 fully saturated rings. The molecular weight excluding hydrogens is 444 g/mol. The molecule has 0 unspecified atom stereocenters. The second-order valence-corrected chi connectivity index (χ2v) is 10.5. The van der Waals surface area contributed by atoms with Crippen molar-refractivity contribution in [3.8, 4) is 0 Å². The van der Waals surface area contributed by atoms with Gasteiger partial charge in [0.1, 0.15) is 0 Å². The van der Waals surface area contributed by atoms with Crippen molar-refractivity contribution < 1.29 is 18.0 Å². The van der Waals surface area contributed by atoms with Crippen molar-refractivity contribution in [3.05, 3.63) is 83.9 Å². The topological polar surface area (TPSA) is 83.6 Å². The van der Waals surface area contributed by atoms with Crippen LogP contribution in [0.4, 0.5) is 11.4 Å². The number of amides is 2. The first-order chi connectivity index (χ1) is 15.2. The van der Waals surface area contributed by atoms with Gasteiger partial charge in [0.2, 0.25) is 11.8 Å². The van der Waals surface area contributed by atoms with Gasteiger partial charge in [-0.25, -0.2) is 13.3 Å². The molecule has 32 heavy (non-hydrogen) atoms. The fourth-order valence-corrected chi connectivity index (χ4v) is 5.55. The first-order valence-corrected chi connectivity index (χ1v) is 12.4. The van der Waals surface area contributed by atoms with Crippen LogP contribution in [0.3, 0.4) is 0 Å². The minimum Gasteiger partial charge on any atom is -0.280 e. The summed E-state index contributed by atoms with van der Waals surface area (Å²) >= 11 is 1.30. The summed E-state index contributed by atoms with van der Waals surface area (Å²) < 4.78 is 27.5. The zero-order valence-electron chi connectivity index (χ0n) is 17.6. The van der Waals surface area contributed by atoms with Crippen LogP contribution in [0.5, 0.6) is 0 Å². The van der Waals surface area contributed by atoms with Crippen molar-refractivity contribution >= 4 is 45.0 Å². The van der Waals surface area contributed by atoms with Crippen molar-refractivity contribution in [1.29, 1.82) is 0 Å². The Labute approximate surface area is 191 Å². The highest BCUT2D eigenvalue weighted by atomic mass is 32.2. The Balaban J connectivity index is 1.45. The Bertz CT molecular complexity index is 1270. The maximum atomic E-state index is 12.9. The van der Waals surface area contributed by atoms with E-state index < -0.39 is 15.3 Å². The number of rotatable bonds is 6. The van der Waals surface area contributed by atoms with Crippen molar-refractivity contribution in [2.24, 2.45) is 0 Å². The maximum absolute atomic E-state index is 12.9. The lowest BCUT2D eigenvalue weighted by Gasteiger charge is -2.16. The minimum absolute atomic E-state index is 0.124. The third-order valence-corrected chi connectivity index (χ3v) is 7.89. The fraction of sp³-hybridized carbons (Fsp3) is 0.167. The molecule has 8 heteroatoms. The molecule has 0 radical (unpaired) electrons. The summed E-state index contributed by atoms with van der Waals surface area (Å²) in [5.74, 6) is -0.458. The number of carbonyl (C=O) groups excluding carboxylic acids is 2. The van der Waals surface area contributed by atoms with E-state index in [2.05, 4.69) is 4.72 Å². The van der Waals surface area contributed by atoms with Crippen LogP contribution in [-0.2, 0) is 19.6 Å². The smallest absolute Gasteiger partial charge is 0.261 e. The second kappa shape index (κ2) is 8.80. The van der Waals surface area contributed by atoms with Gasteiger partial charge in [0.25, 0.3) is 10.0 Å². The van der Waals surface area contributed by atoms with Crippen LogP contribution in [0, 0.1) is 13.8 Å². The molecule has 6 nitrogen and oxygen atoms in total. The van der Waals surface area contributed by atoms with Gasteiger partial charge >= 0.3 is 0 Å². The summed E-state index contributed by atoms with van der Waals surface area (Å²) in [4.78, 5) is 27.7. The molecule has 1 heterocycles. The Kier molecular flexibility index (Phi) is 6.08. The van der Waals surface area contributed by atoms with Gasteiger partial charge in [0.15, 0.2) is 0 Å². The molecule has 2 amide bonds. The van der Waals surface area contributed by atoms with Crippen molar-refractivity contribution in [2.45, 2.75) is 35.3 Å².